The second-order valence-electron chi connectivity index (χ2n) is 8.58. The van der Waals surface area contributed by atoms with Crippen LogP contribution in [0.5, 0.6) is 0 Å². The lowest BCUT2D eigenvalue weighted by atomic mass is 10.1. The summed E-state index contributed by atoms with van der Waals surface area (Å²) in [7, 11) is -4.11. The van der Waals surface area contributed by atoms with E-state index in [1.807, 2.05) is 0 Å². The van der Waals surface area contributed by atoms with E-state index in [9.17, 15) is 22.4 Å². The van der Waals surface area contributed by atoms with Crippen molar-refractivity contribution in [3.8, 4) is 0 Å². The Balaban J connectivity index is 2.05. The van der Waals surface area contributed by atoms with Gasteiger partial charge in [-0.1, -0.05) is 55.5 Å². The molecular weight excluding hydrogens is 493 g/mol. The second-order valence-corrected chi connectivity index (χ2v) is 10.4. The lowest BCUT2D eigenvalue weighted by Crippen LogP contribution is -2.52. The molecule has 0 bridgehead atoms. The number of sulfonamides is 1. The molecule has 0 aromatic heterocycles. The smallest absolute Gasteiger partial charge is 0.264 e. The summed E-state index contributed by atoms with van der Waals surface area (Å²) in [5.74, 6) is -1.31. The molecule has 7 nitrogen and oxygen atoms in total. The van der Waals surface area contributed by atoms with Crippen LogP contribution in [0, 0.1) is 12.7 Å². The molecule has 0 saturated carbocycles. The first-order valence-electron chi connectivity index (χ1n) is 12.1. The zero-order chi connectivity index (χ0) is 27.0. The van der Waals surface area contributed by atoms with Crippen LogP contribution < -0.4 is 9.62 Å². The van der Waals surface area contributed by atoms with Crippen molar-refractivity contribution in [2.24, 2.45) is 0 Å². The zero-order valence-electron chi connectivity index (χ0n) is 21.2. The van der Waals surface area contributed by atoms with Gasteiger partial charge in [0.1, 0.15) is 18.4 Å². The van der Waals surface area contributed by atoms with Crippen molar-refractivity contribution >= 4 is 27.5 Å². The molecule has 0 heterocycles. The Kier molecular flexibility index (Phi) is 9.41. The lowest BCUT2D eigenvalue weighted by Gasteiger charge is -2.33. The second kappa shape index (κ2) is 12.5. The minimum atomic E-state index is -4.11. The SMILES string of the molecule is CCNC(=O)[C@H](CC)N(Cc1ccc(F)cc1)C(=O)CN(c1ccccc1C)S(=O)(=O)c1ccccc1. The molecule has 37 heavy (non-hydrogen) atoms. The van der Waals surface area contributed by atoms with Gasteiger partial charge in [0.2, 0.25) is 11.8 Å². The van der Waals surface area contributed by atoms with E-state index in [4.69, 9.17) is 0 Å². The van der Waals surface area contributed by atoms with Crippen molar-refractivity contribution in [3.63, 3.8) is 0 Å². The summed E-state index contributed by atoms with van der Waals surface area (Å²) in [6.45, 7) is 5.22. The molecule has 196 valence electrons. The molecule has 3 aromatic rings. The van der Waals surface area contributed by atoms with Gasteiger partial charge in [-0.05, 0) is 61.7 Å². The van der Waals surface area contributed by atoms with Crippen LogP contribution in [0.3, 0.4) is 0 Å². The summed E-state index contributed by atoms with van der Waals surface area (Å²) < 4.78 is 42.1. The monoisotopic (exact) mass is 525 g/mol. The Morgan fingerprint density at radius 3 is 2.14 bits per heavy atom. The number of hydrogen-bond acceptors (Lipinski definition) is 4. The molecule has 3 rings (SSSR count). The number of nitrogens with zero attached hydrogens (tertiary/aromatic N) is 2. The first-order valence-corrected chi connectivity index (χ1v) is 13.6. The van der Waals surface area contributed by atoms with E-state index in [1.165, 1.54) is 29.2 Å². The highest BCUT2D eigenvalue weighted by atomic mass is 32.2. The quantitative estimate of drug-likeness (QED) is 0.405. The number of rotatable bonds is 11. The Hall–Kier alpha value is -3.72. The maximum absolute atomic E-state index is 13.9. The van der Waals surface area contributed by atoms with Gasteiger partial charge < -0.3 is 10.2 Å². The fraction of sp³-hybridized carbons (Fsp3) is 0.286. The maximum Gasteiger partial charge on any atom is 0.264 e. The van der Waals surface area contributed by atoms with Crippen LogP contribution in [0.15, 0.2) is 83.8 Å². The van der Waals surface area contributed by atoms with Crippen LogP contribution in [-0.2, 0) is 26.2 Å². The topological polar surface area (TPSA) is 86.8 Å². The number of para-hydroxylation sites is 1. The predicted octanol–water partition coefficient (Wildman–Crippen LogP) is 4.27. The minimum Gasteiger partial charge on any atom is -0.355 e. The summed E-state index contributed by atoms with van der Waals surface area (Å²) in [6.07, 6.45) is 0.314. The fourth-order valence-corrected chi connectivity index (χ4v) is 5.57. The standard InChI is InChI=1S/C28H32FN3O4S/c1-4-25(28(34)30-5-2)31(19-22-15-17-23(29)18-16-22)27(33)20-32(26-14-10-9-11-21(26)3)37(35,36)24-12-7-6-8-13-24/h6-18,25H,4-5,19-20H2,1-3H3,(H,30,34)/t25-/m0/s1. The summed E-state index contributed by atoms with van der Waals surface area (Å²) in [5, 5.41) is 2.75. The number of hydrogen-bond donors (Lipinski definition) is 1. The number of amides is 2. The third kappa shape index (κ3) is 6.74. The molecule has 1 atom stereocenters. The minimum absolute atomic E-state index is 0.0156. The van der Waals surface area contributed by atoms with Gasteiger partial charge in [0.25, 0.3) is 10.0 Å². The Bertz CT molecular complexity index is 1310. The number of halogens is 1. The zero-order valence-corrected chi connectivity index (χ0v) is 22.0. The van der Waals surface area contributed by atoms with E-state index in [-0.39, 0.29) is 17.3 Å². The van der Waals surface area contributed by atoms with Crippen molar-refractivity contribution in [1.82, 2.24) is 10.2 Å². The average Bonchev–Trinajstić information content (AvgIpc) is 2.89. The first-order chi connectivity index (χ1) is 17.7. The highest BCUT2D eigenvalue weighted by Gasteiger charge is 2.33. The van der Waals surface area contributed by atoms with E-state index in [1.54, 1.807) is 75.4 Å². The van der Waals surface area contributed by atoms with E-state index in [0.717, 1.165) is 4.31 Å². The van der Waals surface area contributed by atoms with E-state index < -0.39 is 34.3 Å². The number of aryl methyl sites for hydroxylation is 1. The lowest BCUT2D eigenvalue weighted by molar-refractivity contribution is -0.140. The third-order valence-corrected chi connectivity index (χ3v) is 7.77. The Morgan fingerprint density at radius 1 is 0.919 bits per heavy atom. The molecule has 2 amide bonds. The number of carbonyl (C=O) groups excluding carboxylic acids is 2. The molecule has 0 aliphatic heterocycles. The van der Waals surface area contributed by atoms with Crippen LogP contribution in [0.1, 0.15) is 31.4 Å². The highest BCUT2D eigenvalue weighted by molar-refractivity contribution is 7.92. The van der Waals surface area contributed by atoms with Gasteiger partial charge in [-0.3, -0.25) is 13.9 Å². The van der Waals surface area contributed by atoms with Crippen LogP contribution in [-0.4, -0.2) is 44.3 Å². The number of carbonyl (C=O) groups is 2. The molecule has 1 N–H and O–H groups in total. The van der Waals surface area contributed by atoms with Crippen molar-refractivity contribution in [2.45, 2.75) is 44.7 Å². The van der Waals surface area contributed by atoms with Gasteiger partial charge in [0.05, 0.1) is 10.6 Å². The molecule has 3 aromatic carbocycles. The predicted molar refractivity (Wildman–Crippen MR) is 142 cm³/mol. The van der Waals surface area contributed by atoms with Gasteiger partial charge in [-0.2, -0.15) is 0 Å². The normalized spacial score (nSPS) is 12.0. The maximum atomic E-state index is 13.9. The average molecular weight is 526 g/mol. The molecule has 0 aliphatic carbocycles. The van der Waals surface area contributed by atoms with Crippen LogP contribution in [0.4, 0.5) is 10.1 Å². The number of likely N-dealkylation sites (N-methyl/N-ethyl adjacent to an activating group) is 1. The van der Waals surface area contributed by atoms with Crippen molar-refractivity contribution in [2.75, 3.05) is 17.4 Å². The van der Waals surface area contributed by atoms with Gasteiger partial charge in [-0.25, -0.2) is 12.8 Å². The molecule has 0 radical (unpaired) electrons. The molecule has 0 fully saturated rings. The number of nitrogens with one attached hydrogen (secondary N) is 1. The highest BCUT2D eigenvalue weighted by Crippen LogP contribution is 2.27. The van der Waals surface area contributed by atoms with Crippen LogP contribution in [0.25, 0.3) is 0 Å². The molecule has 0 spiro atoms. The summed E-state index contributed by atoms with van der Waals surface area (Å²) >= 11 is 0. The molecule has 0 saturated heterocycles. The van der Waals surface area contributed by atoms with Crippen molar-refractivity contribution < 1.29 is 22.4 Å². The third-order valence-electron chi connectivity index (χ3n) is 6.00. The van der Waals surface area contributed by atoms with Crippen LogP contribution in [0.2, 0.25) is 0 Å². The van der Waals surface area contributed by atoms with Crippen molar-refractivity contribution in [3.05, 3.63) is 95.8 Å². The Morgan fingerprint density at radius 2 is 1.54 bits per heavy atom. The molecule has 0 aliphatic rings. The van der Waals surface area contributed by atoms with Gasteiger partial charge in [0.15, 0.2) is 0 Å². The van der Waals surface area contributed by atoms with Crippen molar-refractivity contribution in [1.29, 1.82) is 0 Å². The van der Waals surface area contributed by atoms with Gasteiger partial charge in [-0.15, -0.1) is 0 Å². The van der Waals surface area contributed by atoms with Crippen LogP contribution >= 0.6 is 0 Å². The van der Waals surface area contributed by atoms with E-state index in [2.05, 4.69) is 5.32 Å². The number of benzene rings is 3. The van der Waals surface area contributed by atoms with Gasteiger partial charge >= 0.3 is 0 Å². The number of anilines is 1. The van der Waals surface area contributed by atoms with Gasteiger partial charge in [0, 0.05) is 13.1 Å². The molecular formula is C28H32FN3O4S. The largest absolute Gasteiger partial charge is 0.355 e. The fourth-order valence-electron chi connectivity index (χ4n) is 4.07. The summed E-state index contributed by atoms with van der Waals surface area (Å²) in [6, 6.07) is 19.6. The first kappa shape index (κ1) is 27.9. The molecule has 0 unspecified atom stereocenters. The summed E-state index contributed by atoms with van der Waals surface area (Å²) in [4.78, 5) is 28.2. The van der Waals surface area contributed by atoms with E-state index in [0.29, 0.717) is 29.8 Å². The Labute approximate surface area is 218 Å². The van der Waals surface area contributed by atoms with E-state index >= 15 is 0 Å². The summed E-state index contributed by atoms with van der Waals surface area (Å²) in [5.41, 5.74) is 1.66. The molecule has 9 heteroatoms.